The topological polar surface area (TPSA) is 34.2 Å². The average Bonchev–Trinajstić information content (AvgIpc) is 2.78. The molecule has 1 aliphatic heterocycles. The smallest absolute Gasteiger partial charge is 0.0796 e. The lowest BCUT2D eigenvalue weighted by molar-refractivity contribution is 0.0606. The molecular weight excluding hydrogens is 212 g/mol. The molecule has 2 rings (SSSR count). The fraction of sp³-hybridized carbons (Fsp3) is 0.643. The Morgan fingerprint density at radius 1 is 1.59 bits per heavy atom. The highest BCUT2D eigenvalue weighted by atomic mass is 16.5. The van der Waals surface area contributed by atoms with Crippen molar-refractivity contribution in [3.63, 3.8) is 0 Å². The molecule has 0 bridgehead atoms. The molecular formula is C14H22N2O. The molecule has 17 heavy (non-hydrogen) atoms. The van der Waals surface area contributed by atoms with Crippen LogP contribution in [0, 0.1) is 5.92 Å². The van der Waals surface area contributed by atoms with Crippen molar-refractivity contribution in [2.24, 2.45) is 5.92 Å². The molecule has 1 aromatic heterocycles. The van der Waals surface area contributed by atoms with Crippen LogP contribution >= 0.6 is 0 Å². The molecule has 1 aliphatic rings. The molecule has 0 saturated carbocycles. The summed E-state index contributed by atoms with van der Waals surface area (Å²) >= 11 is 0. The number of ether oxygens (including phenoxy) is 1. The normalized spacial score (nSPS) is 26.0. The van der Waals surface area contributed by atoms with Gasteiger partial charge in [0.2, 0.25) is 0 Å². The first-order chi connectivity index (χ1) is 8.33. The number of nitrogens with one attached hydrogen (secondary N) is 1. The number of aromatic nitrogens is 1. The van der Waals surface area contributed by atoms with Crippen LogP contribution in [0.4, 0.5) is 0 Å². The number of rotatable bonds is 5. The van der Waals surface area contributed by atoms with E-state index < -0.39 is 0 Å². The van der Waals surface area contributed by atoms with Gasteiger partial charge in [0, 0.05) is 19.0 Å². The zero-order chi connectivity index (χ0) is 12.1. The minimum absolute atomic E-state index is 0.279. The summed E-state index contributed by atoms with van der Waals surface area (Å²) in [4.78, 5) is 4.21. The van der Waals surface area contributed by atoms with Gasteiger partial charge in [-0.25, -0.2) is 0 Å². The van der Waals surface area contributed by atoms with Gasteiger partial charge in [0.05, 0.1) is 12.1 Å². The molecule has 0 aliphatic carbocycles. The summed E-state index contributed by atoms with van der Waals surface area (Å²) in [6.07, 6.45) is 6.35. The SMILES string of the molecule is CCCNC(c1cccnc1)C1OCCC1C. The Morgan fingerprint density at radius 3 is 3.06 bits per heavy atom. The zero-order valence-electron chi connectivity index (χ0n) is 10.7. The van der Waals surface area contributed by atoms with E-state index in [2.05, 4.69) is 30.2 Å². The van der Waals surface area contributed by atoms with E-state index >= 15 is 0 Å². The molecule has 0 spiro atoms. The third-order valence-corrected chi connectivity index (χ3v) is 3.43. The summed E-state index contributed by atoms with van der Waals surface area (Å²) in [5, 5.41) is 3.59. The van der Waals surface area contributed by atoms with E-state index in [1.165, 1.54) is 5.56 Å². The maximum Gasteiger partial charge on any atom is 0.0796 e. The standard InChI is InChI=1S/C14H22N2O/c1-3-7-16-13(12-5-4-8-15-10-12)14-11(2)6-9-17-14/h4-5,8,10-11,13-14,16H,3,6-7,9H2,1-2H3. The highest BCUT2D eigenvalue weighted by Gasteiger charge is 2.32. The Bertz CT molecular complexity index is 328. The van der Waals surface area contributed by atoms with Crippen molar-refractivity contribution in [2.75, 3.05) is 13.2 Å². The van der Waals surface area contributed by atoms with E-state index in [0.29, 0.717) is 5.92 Å². The van der Waals surface area contributed by atoms with Gasteiger partial charge in [0.1, 0.15) is 0 Å². The van der Waals surface area contributed by atoms with Crippen molar-refractivity contribution in [3.8, 4) is 0 Å². The molecule has 0 radical (unpaired) electrons. The molecule has 0 amide bonds. The Morgan fingerprint density at radius 2 is 2.47 bits per heavy atom. The Hall–Kier alpha value is -0.930. The van der Waals surface area contributed by atoms with E-state index in [1.807, 2.05) is 18.5 Å². The molecule has 3 heteroatoms. The molecule has 1 fully saturated rings. The van der Waals surface area contributed by atoms with Crippen molar-refractivity contribution in [1.29, 1.82) is 0 Å². The second kappa shape index (κ2) is 6.12. The van der Waals surface area contributed by atoms with Crippen LogP contribution in [-0.2, 0) is 4.74 Å². The van der Waals surface area contributed by atoms with E-state index in [1.54, 1.807) is 0 Å². The fourth-order valence-electron chi connectivity index (χ4n) is 2.43. The van der Waals surface area contributed by atoms with Gasteiger partial charge in [-0.05, 0) is 36.9 Å². The summed E-state index contributed by atoms with van der Waals surface area (Å²) in [5.74, 6) is 0.615. The molecule has 1 N–H and O–H groups in total. The van der Waals surface area contributed by atoms with E-state index in [0.717, 1.165) is 26.0 Å². The summed E-state index contributed by atoms with van der Waals surface area (Å²) in [6.45, 7) is 6.36. The number of hydrogen-bond acceptors (Lipinski definition) is 3. The fourth-order valence-corrected chi connectivity index (χ4v) is 2.43. The molecule has 94 valence electrons. The van der Waals surface area contributed by atoms with Crippen molar-refractivity contribution in [3.05, 3.63) is 30.1 Å². The van der Waals surface area contributed by atoms with E-state index in [4.69, 9.17) is 4.74 Å². The predicted octanol–water partition coefficient (Wildman–Crippen LogP) is 2.55. The van der Waals surface area contributed by atoms with E-state index in [-0.39, 0.29) is 12.1 Å². The highest BCUT2D eigenvalue weighted by Crippen LogP contribution is 2.30. The lowest BCUT2D eigenvalue weighted by Gasteiger charge is -2.27. The van der Waals surface area contributed by atoms with Crippen molar-refractivity contribution in [1.82, 2.24) is 10.3 Å². The lowest BCUT2D eigenvalue weighted by atomic mass is 9.93. The average molecular weight is 234 g/mol. The van der Waals surface area contributed by atoms with Gasteiger partial charge >= 0.3 is 0 Å². The van der Waals surface area contributed by atoms with Gasteiger partial charge in [0.25, 0.3) is 0 Å². The van der Waals surface area contributed by atoms with Crippen LogP contribution < -0.4 is 5.32 Å². The van der Waals surface area contributed by atoms with Crippen LogP contribution in [0.1, 0.15) is 38.3 Å². The monoisotopic (exact) mass is 234 g/mol. The Kier molecular flexibility index (Phi) is 4.51. The van der Waals surface area contributed by atoms with Crippen molar-refractivity contribution >= 4 is 0 Å². The third-order valence-electron chi connectivity index (χ3n) is 3.43. The van der Waals surface area contributed by atoms with Crippen LogP contribution in [0.15, 0.2) is 24.5 Å². The first-order valence-corrected chi connectivity index (χ1v) is 6.58. The summed E-state index contributed by atoms with van der Waals surface area (Å²) in [6, 6.07) is 4.41. The second-order valence-electron chi connectivity index (χ2n) is 4.82. The summed E-state index contributed by atoms with van der Waals surface area (Å²) in [7, 11) is 0. The van der Waals surface area contributed by atoms with Crippen LogP contribution in [0.3, 0.4) is 0 Å². The number of hydrogen-bond donors (Lipinski definition) is 1. The van der Waals surface area contributed by atoms with E-state index in [9.17, 15) is 0 Å². The highest BCUT2D eigenvalue weighted by molar-refractivity contribution is 5.16. The molecule has 3 nitrogen and oxygen atoms in total. The van der Waals surface area contributed by atoms with Crippen LogP contribution in [0.5, 0.6) is 0 Å². The molecule has 0 aromatic carbocycles. The second-order valence-corrected chi connectivity index (χ2v) is 4.82. The maximum absolute atomic E-state index is 5.89. The Labute approximate surface area is 104 Å². The van der Waals surface area contributed by atoms with Gasteiger partial charge in [-0.1, -0.05) is 19.9 Å². The molecule has 2 heterocycles. The van der Waals surface area contributed by atoms with Crippen molar-refractivity contribution < 1.29 is 4.74 Å². The first-order valence-electron chi connectivity index (χ1n) is 6.58. The zero-order valence-corrected chi connectivity index (χ0v) is 10.7. The largest absolute Gasteiger partial charge is 0.376 e. The summed E-state index contributed by atoms with van der Waals surface area (Å²) in [5.41, 5.74) is 1.24. The maximum atomic E-state index is 5.89. The van der Waals surface area contributed by atoms with Gasteiger partial charge in [-0.15, -0.1) is 0 Å². The van der Waals surface area contributed by atoms with Gasteiger partial charge in [-0.3, -0.25) is 4.98 Å². The Balaban J connectivity index is 2.13. The van der Waals surface area contributed by atoms with Crippen molar-refractivity contribution in [2.45, 2.75) is 38.8 Å². The summed E-state index contributed by atoms with van der Waals surface area (Å²) < 4.78 is 5.89. The first kappa shape index (κ1) is 12.5. The lowest BCUT2D eigenvalue weighted by Crippen LogP contribution is -2.35. The van der Waals surface area contributed by atoms with Crippen LogP contribution in [0.25, 0.3) is 0 Å². The molecule has 1 saturated heterocycles. The molecule has 3 atom stereocenters. The molecule has 1 aromatic rings. The third kappa shape index (κ3) is 3.05. The van der Waals surface area contributed by atoms with Gasteiger partial charge < -0.3 is 10.1 Å². The number of pyridine rings is 1. The predicted molar refractivity (Wildman–Crippen MR) is 68.8 cm³/mol. The van der Waals surface area contributed by atoms with Gasteiger partial charge in [-0.2, -0.15) is 0 Å². The molecule has 3 unspecified atom stereocenters. The van der Waals surface area contributed by atoms with Crippen LogP contribution in [-0.4, -0.2) is 24.2 Å². The van der Waals surface area contributed by atoms with Gasteiger partial charge in [0.15, 0.2) is 0 Å². The number of nitrogens with zero attached hydrogens (tertiary/aromatic N) is 1. The quantitative estimate of drug-likeness (QED) is 0.850. The minimum Gasteiger partial charge on any atom is -0.376 e. The van der Waals surface area contributed by atoms with Crippen LogP contribution in [0.2, 0.25) is 0 Å². The minimum atomic E-state index is 0.279.